The average molecular weight is 431 g/mol. The molecule has 0 bridgehead atoms. The molecule has 0 atom stereocenters. The molecule has 1 aliphatic heterocycles. The lowest BCUT2D eigenvalue weighted by molar-refractivity contribution is 0.474. The van der Waals surface area contributed by atoms with Crippen LogP contribution >= 0.6 is 0 Å². The summed E-state index contributed by atoms with van der Waals surface area (Å²) in [6, 6.07) is 19.4. The fourth-order valence-electron chi connectivity index (χ4n) is 4.29. The molecule has 0 unspecified atom stereocenters. The van der Waals surface area contributed by atoms with Gasteiger partial charge in [-0.15, -0.1) is 0 Å². The van der Waals surface area contributed by atoms with Crippen LogP contribution in [0.1, 0.15) is 36.2 Å². The number of hydrogen-bond acceptors (Lipinski definition) is 3. The van der Waals surface area contributed by atoms with Gasteiger partial charge >= 0.3 is 0 Å². The largest absolute Gasteiger partial charge is 0.372 e. The zero-order valence-corrected chi connectivity index (χ0v) is 19.2. The molecule has 0 radical (unpaired) electrons. The maximum Gasteiger partial charge on any atom is 0.194 e. The molecular weight excluding hydrogens is 396 g/mol. The van der Waals surface area contributed by atoms with Crippen LogP contribution in [0.15, 0.2) is 72.0 Å². The highest BCUT2D eigenvalue weighted by Gasteiger charge is 2.12. The summed E-state index contributed by atoms with van der Waals surface area (Å²) in [5.74, 6) is 1.86. The fraction of sp³-hybridized carbons (Fsp3) is 0.385. The molecule has 0 aliphatic carbocycles. The Kier molecular flexibility index (Phi) is 7.43. The Morgan fingerprint density at radius 2 is 1.75 bits per heavy atom. The summed E-state index contributed by atoms with van der Waals surface area (Å²) in [7, 11) is 3.90. The highest BCUT2D eigenvalue weighted by molar-refractivity contribution is 5.79. The summed E-state index contributed by atoms with van der Waals surface area (Å²) in [6.07, 6.45) is 7.85. The number of anilines is 1. The number of benzene rings is 2. The third-order valence-electron chi connectivity index (χ3n) is 6.05. The molecule has 1 aliphatic rings. The van der Waals surface area contributed by atoms with E-state index < -0.39 is 0 Å². The van der Waals surface area contributed by atoms with Gasteiger partial charge in [0.2, 0.25) is 0 Å². The number of aliphatic imine (C=N–C) groups is 1. The Balaban J connectivity index is 1.32. The maximum atomic E-state index is 4.54. The lowest BCUT2D eigenvalue weighted by Crippen LogP contribution is -2.38. The number of nitrogens with one attached hydrogen (secondary N) is 1. The molecule has 1 saturated heterocycles. The summed E-state index contributed by atoms with van der Waals surface area (Å²) in [4.78, 5) is 13.7. The van der Waals surface area contributed by atoms with Gasteiger partial charge in [0.1, 0.15) is 5.82 Å². The van der Waals surface area contributed by atoms with Crippen molar-refractivity contribution in [2.75, 3.05) is 32.1 Å². The van der Waals surface area contributed by atoms with E-state index in [1.54, 1.807) is 0 Å². The van der Waals surface area contributed by atoms with Crippen LogP contribution in [0.25, 0.3) is 0 Å². The molecule has 2 aromatic carbocycles. The molecule has 4 rings (SSSR count). The first-order valence-corrected chi connectivity index (χ1v) is 11.5. The Morgan fingerprint density at radius 1 is 1.00 bits per heavy atom. The summed E-state index contributed by atoms with van der Waals surface area (Å²) in [5, 5.41) is 3.47. The SMILES string of the molecule is CN=C(NCc1nccn1Cc1ccccc1)N(C)Cc1ccc(N2CCCCC2)cc1. The molecular formula is C26H34N6. The van der Waals surface area contributed by atoms with Crippen LogP contribution in [0.2, 0.25) is 0 Å². The third-order valence-corrected chi connectivity index (χ3v) is 6.05. The smallest absolute Gasteiger partial charge is 0.194 e. The van der Waals surface area contributed by atoms with Crippen molar-refractivity contribution in [1.29, 1.82) is 0 Å². The van der Waals surface area contributed by atoms with Crippen LogP contribution in [-0.4, -0.2) is 47.6 Å². The van der Waals surface area contributed by atoms with E-state index in [2.05, 4.69) is 85.2 Å². The monoisotopic (exact) mass is 430 g/mol. The van der Waals surface area contributed by atoms with Gasteiger partial charge in [0.25, 0.3) is 0 Å². The Bertz CT molecular complexity index is 987. The molecule has 32 heavy (non-hydrogen) atoms. The predicted octanol–water partition coefficient (Wildman–Crippen LogP) is 4.13. The van der Waals surface area contributed by atoms with E-state index in [4.69, 9.17) is 0 Å². The van der Waals surface area contributed by atoms with E-state index in [9.17, 15) is 0 Å². The highest BCUT2D eigenvalue weighted by Crippen LogP contribution is 2.20. The van der Waals surface area contributed by atoms with Crippen molar-refractivity contribution in [2.45, 2.75) is 38.9 Å². The minimum Gasteiger partial charge on any atom is -0.372 e. The van der Waals surface area contributed by atoms with Crippen molar-refractivity contribution < 1.29 is 0 Å². The second kappa shape index (κ2) is 10.8. The lowest BCUT2D eigenvalue weighted by atomic mass is 10.1. The lowest BCUT2D eigenvalue weighted by Gasteiger charge is -2.29. The van der Waals surface area contributed by atoms with Crippen molar-refractivity contribution in [3.63, 3.8) is 0 Å². The summed E-state index contributed by atoms with van der Waals surface area (Å²) < 4.78 is 2.18. The molecule has 1 fully saturated rings. The van der Waals surface area contributed by atoms with Crippen LogP contribution in [0.5, 0.6) is 0 Å². The number of nitrogens with zero attached hydrogens (tertiary/aromatic N) is 5. The van der Waals surface area contributed by atoms with Gasteiger partial charge < -0.3 is 19.7 Å². The predicted molar refractivity (Wildman–Crippen MR) is 132 cm³/mol. The zero-order valence-electron chi connectivity index (χ0n) is 19.2. The fourth-order valence-corrected chi connectivity index (χ4v) is 4.29. The van der Waals surface area contributed by atoms with Gasteiger partial charge in [-0.25, -0.2) is 4.98 Å². The number of rotatable bonds is 7. The van der Waals surface area contributed by atoms with Gasteiger partial charge in [0.15, 0.2) is 5.96 Å². The summed E-state index contributed by atoms with van der Waals surface area (Å²) >= 11 is 0. The van der Waals surface area contributed by atoms with Crippen molar-refractivity contribution in [3.05, 3.63) is 83.9 Å². The minimum atomic E-state index is 0.630. The first-order chi connectivity index (χ1) is 15.7. The molecule has 168 valence electrons. The molecule has 2 heterocycles. The number of guanidine groups is 1. The highest BCUT2D eigenvalue weighted by atomic mass is 15.3. The number of hydrogen-bond donors (Lipinski definition) is 1. The van der Waals surface area contributed by atoms with Crippen molar-refractivity contribution >= 4 is 11.6 Å². The second-order valence-corrected chi connectivity index (χ2v) is 8.43. The van der Waals surface area contributed by atoms with Gasteiger partial charge in [-0.3, -0.25) is 4.99 Å². The Labute approximate surface area is 191 Å². The quantitative estimate of drug-likeness (QED) is 0.452. The summed E-state index contributed by atoms with van der Waals surface area (Å²) in [6.45, 7) is 4.60. The van der Waals surface area contributed by atoms with E-state index in [0.717, 1.165) is 24.9 Å². The molecule has 1 N–H and O–H groups in total. The topological polar surface area (TPSA) is 48.7 Å². The van der Waals surface area contributed by atoms with Gasteiger partial charge in [0.05, 0.1) is 6.54 Å². The normalized spacial score (nSPS) is 14.4. The molecule has 0 spiro atoms. The van der Waals surface area contributed by atoms with Gasteiger partial charge in [-0.1, -0.05) is 42.5 Å². The van der Waals surface area contributed by atoms with E-state index >= 15 is 0 Å². The van der Waals surface area contributed by atoms with Gasteiger partial charge in [0, 0.05) is 58.4 Å². The van der Waals surface area contributed by atoms with Crippen LogP contribution in [0, 0.1) is 0 Å². The number of imidazole rings is 1. The number of aromatic nitrogens is 2. The van der Waals surface area contributed by atoms with Crippen LogP contribution in [-0.2, 0) is 19.6 Å². The molecule has 0 amide bonds. The first kappa shape index (κ1) is 21.9. The second-order valence-electron chi connectivity index (χ2n) is 8.43. The van der Waals surface area contributed by atoms with E-state index in [0.29, 0.717) is 6.54 Å². The minimum absolute atomic E-state index is 0.630. The molecule has 6 heteroatoms. The Morgan fingerprint density at radius 3 is 2.47 bits per heavy atom. The molecule has 3 aromatic rings. The first-order valence-electron chi connectivity index (χ1n) is 11.5. The summed E-state index contributed by atoms with van der Waals surface area (Å²) in [5.41, 5.74) is 3.88. The van der Waals surface area contributed by atoms with E-state index in [-0.39, 0.29) is 0 Å². The maximum absolute atomic E-state index is 4.54. The van der Waals surface area contributed by atoms with Crippen LogP contribution < -0.4 is 10.2 Å². The van der Waals surface area contributed by atoms with Gasteiger partial charge in [-0.2, -0.15) is 0 Å². The van der Waals surface area contributed by atoms with E-state index in [1.165, 1.54) is 49.2 Å². The molecule has 0 saturated carbocycles. The average Bonchev–Trinajstić information content (AvgIpc) is 3.28. The standard InChI is InChI=1S/C26H34N6/c1-27-26(29-19-25-28-15-18-32(25)21-22-9-5-3-6-10-22)30(2)20-23-11-13-24(14-12-23)31-16-7-4-8-17-31/h3,5-6,9-15,18H,4,7-8,16-17,19-21H2,1-2H3,(H,27,29). The van der Waals surface area contributed by atoms with Crippen LogP contribution in [0.4, 0.5) is 5.69 Å². The Hall–Kier alpha value is -3.28. The molecule has 6 nitrogen and oxygen atoms in total. The van der Waals surface area contributed by atoms with Crippen molar-refractivity contribution in [1.82, 2.24) is 19.8 Å². The van der Waals surface area contributed by atoms with Crippen LogP contribution in [0.3, 0.4) is 0 Å². The van der Waals surface area contributed by atoms with Crippen molar-refractivity contribution in [2.24, 2.45) is 4.99 Å². The zero-order chi connectivity index (χ0) is 22.2. The van der Waals surface area contributed by atoms with E-state index in [1.807, 2.05) is 25.5 Å². The van der Waals surface area contributed by atoms with Crippen molar-refractivity contribution in [3.8, 4) is 0 Å². The molecule has 1 aromatic heterocycles. The third kappa shape index (κ3) is 5.69. The van der Waals surface area contributed by atoms with Gasteiger partial charge in [-0.05, 0) is 42.5 Å². The number of piperidine rings is 1.